The highest BCUT2D eigenvalue weighted by molar-refractivity contribution is 6.50. The van der Waals surface area contributed by atoms with Crippen molar-refractivity contribution in [2.45, 2.75) is 0 Å². The first-order chi connectivity index (χ1) is 25.4. The van der Waals surface area contributed by atoms with E-state index in [-0.39, 0.29) is 34.2 Å². The van der Waals surface area contributed by atoms with Crippen LogP contribution in [0.2, 0.25) is 15.1 Å². The summed E-state index contributed by atoms with van der Waals surface area (Å²) in [7, 11) is 0. The maximum atomic E-state index is 12.5. The Morgan fingerprint density at radius 1 is 0.604 bits per heavy atom. The maximum absolute atomic E-state index is 12.5. The Bertz CT molecular complexity index is 2320. The molecule has 0 aliphatic heterocycles. The summed E-state index contributed by atoms with van der Waals surface area (Å²) in [4.78, 5) is 50.4. The number of allylic oxidation sites excluding steroid dienone is 1. The summed E-state index contributed by atoms with van der Waals surface area (Å²) in [6.45, 7) is 6.60. The number of hydrogen-bond acceptors (Lipinski definition) is 8. The Balaban J connectivity index is 0.000000152. The molecule has 0 atom stereocenters. The lowest BCUT2D eigenvalue weighted by Gasteiger charge is -2.11. The van der Waals surface area contributed by atoms with Gasteiger partial charge in [0.05, 0.1) is 12.1 Å². The molecule has 0 fully saturated rings. The van der Waals surface area contributed by atoms with Gasteiger partial charge in [0.1, 0.15) is 5.76 Å². The number of nitrogens with one attached hydrogen (secondary N) is 1. The van der Waals surface area contributed by atoms with Gasteiger partial charge in [0.2, 0.25) is 17.3 Å². The van der Waals surface area contributed by atoms with Gasteiger partial charge in [-0.2, -0.15) is 0 Å². The molecule has 0 unspecified atom stereocenters. The Kier molecular flexibility index (Phi) is 12.3. The summed E-state index contributed by atoms with van der Waals surface area (Å²) >= 11 is 17.0. The summed E-state index contributed by atoms with van der Waals surface area (Å²) in [6, 6.07) is 35.7. The maximum Gasteiger partial charge on any atom is 0.233 e. The molecule has 0 saturated heterocycles. The van der Waals surface area contributed by atoms with Crippen LogP contribution in [0.4, 0.5) is 22.9 Å². The van der Waals surface area contributed by atoms with Gasteiger partial charge in [0, 0.05) is 60.8 Å². The van der Waals surface area contributed by atoms with Gasteiger partial charge in [-0.05, 0) is 48.5 Å². The number of carbonyl (C=O) groups is 4. The summed E-state index contributed by atoms with van der Waals surface area (Å²) in [5.74, 6) is -1.44. The number of nitrogen functional groups attached to an aromatic ring is 1. The SMILES string of the molecule is Nc1ccc(Cl)cc1.O=C1C=C(O)c2ccccc2C1=O.O=C1c2ccccc2C(=O)c2oc(Nc3ccc(Cl)cc3)cc21.[C-]#[N+]c1ccc(Cl)cc1. The zero-order chi connectivity index (χ0) is 38.1. The topological polar surface area (TPSA) is 144 Å². The number of nitrogens with two attached hydrogens (primary N) is 1. The van der Waals surface area contributed by atoms with E-state index < -0.39 is 11.6 Å². The summed E-state index contributed by atoms with van der Waals surface area (Å²) in [5, 5.41) is 14.4. The highest BCUT2D eigenvalue weighted by Gasteiger charge is 2.33. The minimum Gasteiger partial charge on any atom is -0.507 e. The number of carbonyl (C=O) groups excluding carboxylic acids is 4. The van der Waals surface area contributed by atoms with E-state index in [2.05, 4.69) is 10.2 Å². The number of Topliss-reactive ketones (excluding diaryl/α,β-unsaturated/α-hetero) is 1. The van der Waals surface area contributed by atoms with Crippen LogP contribution in [0.1, 0.15) is 48.0 Å². The van der Waals surface area contributed by atoms with E-state index in [0.717, 1.165) is 22.5 Å². The third-order valence-electron chi connectivity index (χ3n) is 7.48. The van der Waals surface area contributed by atoms with Crippen molar-refractivity contribution in [2.75, 3.05) is 11.1 Å². The first-order valence-corrected chi connectivity index (χ1v) is 16.7. The number of anilines is 3. The number of furan rings is 1. The zero-order valence-corrected chi connectivity index (χ0v) is 29.6. The Morgan fingerprint density at radius 3 is 1.60 bits per heavy atom. The van der Waals surface area contributed by atoms with Crippen LogP contribution in [0.3, 0.4) is 0 Å². The molecular formula is C41H26Cl3N3O6. The molecule has 0 spiro atoms. The van der Waals surface area contributed by atoms with E-state index in [1.807, 2.05) is 0 Å². The fourth-order valence-corrected chi connectivity index (χ4v) is 5.27. The monoisotopic (exact) mass is 761 g/mol. The Labute approximate surface area is 318 Å². The molecule has 8 rings (SSSR count). The van der Waals surface area contributed by atoms with E-state index in [9.17, 15) is 24.3 Å². The third-order valence-corrected chi connectivity index (χ3v) is 8.23. The lowest BCUT2D eigenvalue weighted by molar-refractivity contribution is -0.111. The molecule has 53 heavy (non-hydrogen) atoms. The van der Waals surface area contributed by atoms with E-state index in [4.69, 9.17) is 51.5 Å². The predicted octanol–water partition coefficient (Wildman–Crippen LogP) is 10.6. The minimum absolute atomic E-state index is 0.0742. The highest BCUT2D eigenvalue weighted by Crippen LogP contribution is 2.33. The average molecular weight is 763 g/mol. The zero-order valence-electron chi connectivity index (χ0n) is 27.3. The van der Waals surface area contributed by atoms with Crippen LogP contribution in [-0.2, 0) is 4.79 Å². The first-order valence-electron chi connectivity index (χ1n) is 15.5. The highest BCUT2D eigenvalue weighted by atomic mass is 35.5. The molecular weight excluding hydrogens is 737 g/mol. The molecule has 6 aromatic rings. The molecule has 9 nitrogen and oxygen atoms in total. The van der Waals surface area contributed by atoms with Gasteiger partial charge in [-0.1, -0.05) is 108 Å². The van der Waals surface area contributed by atoms with Crippen LogP contribution in [0.5, 0.6) is 0 Å². The van der Waals surface area contributed by atoms with E-state index >= 15 is 0 Å². The Hall–Kier alpha value is -6.44. The summed E-state index contributed by atoms with van der Waals surface area (Å²) < 4.78 is 5.57. The van der Waals surface area contributed by atoms with Crippen LogP contribution in [-0.4, -0.2) is 28.2 Å². The number of aliphatic hydroxyl groups is 1. The molecule has 0 saturated carbocycles. The average Bonchev–Trinajstić information content (AvgIpc) is 3.60. The molecule has 0 bridgehead atoms. The van der Waals surface area contributed by atoms with Crippen LogP contribution < -0.4 is 11.1 Å². The molecule has 1 aromatic heterocycles. The fourth-order valence-electron chi connectivity index (χ4n) is 4.90. The second kappa shape index (κ2) is 17.2. The van der Waals surface area contributed by atoms with Crippen molar-refractivity contribution in [3.05, 3.63) is 194 Å². The van der Waals surface area contributed by atoms with Crippen LogP contribution in [0.25, 0.3) is 10.6 Å². The van der Waals surface area contributed by atoms with Crippen molar-refractivity contribution in [3.63, 3.8) is 0 Å². The van der Waals surface area contributed by atoms with Crippen molar-refractivity contribution in [1.82, 2.24) is 0 Å². The quantitative estimate of drug-likeness (QED) is 0.0897. The smallest absolute Gasteiger partial charge is 0.233 e. The number of nitrogens with zero attached hydrogens (tertiary/aromatic N) is 1. The van der Waals surface area contributed by atoms with Gasteiger partial charge < -0.3 is 20.6 Å². The summed E-state index contributed by atoms with van der Waals surface area (Å²) in [5.41, 5.74) is 9.24. The minimum atomic E-state index is -0.670. The molecule has 2 aliphatic rings. The van der Waals surface area contributed by atoms with Gasteiger partial charge in [0.25, 0.3) is 0 Å². The van der Waals surface area contributed by atoms with Gasteiger partial charge in [0.15, 0.2) is 23.1 Å². The number of hydrogen-bond donors (Lipinski definition) is 3. The normalized spacial score (nSPS) is 12.1. The van der Waals surface area contributed by atoms with Crippen LogP contribution >= 0.6 is 34.8 Å². The lowest BCUT2D eigenvalue weighted by Crippen LogP contribution is -2.18. The molecule has 262 valence electrons. The third kappa shape index (κ3) is 9.47. The van der Waals surface area contributed by atoms with Gasteiger partial charge >= 0.3 is 0 Å². The van der Waals surface area contributed by atoms with Crippen LogP contribution in [0, 0.1) is 6.57 Å². The first kappa shape index (κ1) is 37.8. The van der Waals surface area contributed by atoms with Crippen molar-refractivity contribution >= 4 is 86.6 Å². The van der Waals surface area contributed by atoms with E-state index in [1.54, 1.807) is 121 Å². The van der Waals surface area contributed by atoms with Crippen LogP contribution in [0.15, 0.2) is 138 Å². The van der Waals surface area contributed by atoms with Crippen molar-refractivity contribution < 1.29 is 28.7 Å². The summed E-state index contributed by atoms with van der Waals surface area (Å²) in [6.07, 6.45) is 0.949. The second-order valence-corrected chi connectivity index (χ2v) is 12.4. The number of rotatable bonds is 2. The van der Waals surface area contributed by atoms with Gasteiger partial charge in [-0.25, -0.2) is 4.85 Å². The second-order valence-electron chi connectivity index (χ2n) is 11.1. The standard InChI is InChI=1S/C18H10ClNO3.C10H6O3.C7H4ClN.C6H6ClN/c19-10-5-7-11(8-6-10)20-15-9-14-16(21)12-3-1-2-4-13(12)17(22)18(14)23-15;11-8-5-9(12)10(13)7-4-2-1-3-6(7)8;1-9-7-4-2-6(8)3-5-7;7-5-1-3-6(8)4-2-5/h1-9,20H;1-5,11H;2-5H;1-4H,8H2. The molecule has 5 aromatic carbocycles. The lowest BCUT2D eigenvalue weighted by atomic mass is 9.89. The largest absolute Gasteiger partial charge is 0.507 e. The number of ketones is 4. The molecule has 0 radical (unpaired) electrons. The van der Waals surface area contributed by atoms with Crippen molar-refractivity contribution in [3.8, 4) is 0 Å². The number of fused-ring (bicyclic) bond motifs is 3. The molecule has 12 heteroatoms. The molecule has 1 heterocycles. The Morgan fingerprint density at radius 2 is 1.08 bits per heavy atom. The van der Waals surface area contributed by atoms with Crippen molar-refractivity contribution in [2.24, 2.45) is 0 Å². The van der Waals surface area contributed by atoms with Gasteiger partial charge in [-0.15, -0.1) is 0 Å². The molecule has 4 N–H and O–H groups in total. The molecule has 2 aliphatic carbocycles. The number of benzene rings is 5. The predicted molar refractivity (Wildman–Crippen MR) is 207 cm³/mol. The van der Waals surface area contributed by atoms with E-state index in [0.29, 0.717) is 38.3 Å². The van der Waals surface area contributed by atoms with Gasteiger partial charge in [-0.3, -0.25) is 19.2 Å². The van der Waals surface area contributed by atoms with Crippen molar-refractivity contribution in [1.29, 1.82) is 0 Å². The number of halogens is 3. The molecule has 0 amide bonds. The van der Waals surface area contributed by atoms with E-state index in [1.165, 1.54) is 6.07 Å². The fraction of sp³-hybridized carbons (Fsp3) is 0. The number of aliphatic hydroxyl groups excluding tert-OH is 1.